The maximum absolute atomic E-state index is 4.00. The minimum absolute atomic E-state index is 1.12. The zero-order valence-corrected chi connectivity index (χ0v) is 8.42. The monoisotopic (exact) mass is 177 g/mol. The van der Waals surface area contributed by atoms with Gasteiger partial charge in [0, 0.05) is 0 Å². The molecule has 0 amide bonds. The summed E-state index contributed by atoms with van der Waals surface area (Å²) in [7, 11) is 4.00. The predicted molar refractivity (Wildman–Crippen MR) is 56.5 cm³/mol. The first kappa shape index (κ1) is 10.3. The average molecular weight is 177 g/mol. The zero-order chi connectivity index (χ0) is 9.52. The SMILES string of the molecule is [CH2-][NH+](CC)CCCc1ccccc1. The lowest BCUT2D eigenvalue weighted by Crippen LogP contribution is -3.06. The fraction of sp³-hybridized carbons (Fsp3) is 0.417. The minimum atomic E-state index is 1.12. The Morgan fingerprint density at radius 1 is 1.23 bits per heavy atom. The first-order valence-electron chi connectivity index (χ1n) is 5.03. The summed E-state index contributed by atoms with van der Waals surface area (Å²) in [6, 6.07) is 10.6. The lowest BCUT2D eigenvalue weighted by atomic mass is 10.1. The van der Waals surface area contributed by atoms with Crippen molar-refractivity contribution in [3.05, 3.63) is 42.9 Å². The van der Waals surface area contributed by atoms with Crippen LogP contribution >= 0.6 is 0 Å². The molecule has 0 radical (unpaired) electrons. The third kappa shape index (κ3) is 4.09. The topological polar surface area (TPSA) is 4.44 Å². The summed E-state index contributed by atoms with van der Waals surface area (Å²) in [4.78, 5) is 1.37. The lowest BCUT2D eigenvalue weighted by Gasteiger charge is -2.18. The molecule has 1 aromatic carbocycles. The molecule has 0 aliphatic carbocycles. The molecule has 1 aromatic rings. The minimum Gasteiger partial charge on any atom is -0.468 e. The molecule has 1 N–H and O–H groups in total. The molecule has 0 aliphatic rings. The van der Waals surface area contributed by atoms with Crippen LogP contribution in [0.15, 0.2) is 30.3 Å². The fourth-order valence-electron chi connectivity index (χ4n) is 1.36. The highest BCUT2D eigenvalue weighted by Crippen LogP contribution is 2.00. The Kier molecular flexibility index (Phi) is 4.55. The zero-order valence-electron chi connectivity index (χ0n) is 8.42. The average Bonchev–Trinajstić information content (AvgIpc) is 2.19. The van der Waals surface area contributed by atoms with Gasteiger partial charge in [0.05, 0.1) is 13.1 Å². The van der Waals surface area contributed by atoms with E-state index >= 15 is 0 Å². The molecule has 0 bridgehead atoms. The summed E-state index contributed by atoms with van der Waals surface area (Å²) < 4.78 is 0. The fourth-order valence-corrected chi connectivity index (χ4v) is 1.36. The van der Waals surface area contributed by atoms with Crippen LogP contribution in [0.2, 0.25) is 0 Å². The van der Waals surface area contributed by atoms with Crippen molar-refractivity contribution < 1.29 is 4.90 Å². The van der Waals surface area contributed by atoms with Gasteiger partial charge in [-0.25, -0.2) is 0 Å². The Morgan fingerprint density at radius 2 is 1.92 bits per heavy atom. The van der Waals surface area contributed by atoms with Gasteiger partial charge in [0.2, 0.25) is 0 Å². The van der Waals surface area contributed by atoms with Crippen LogP contribution in [0.5, 0.6) is 0 Å². The van der Waals surface area contributed by atoms with Gasteiger partial charge in [0.1, 0.15) is 0 Å². The molecule has 0 heterocycles. The molecular formula is C12H19N. The van der Waals surface area contributed by atoms with Crippen LogP contribution in [0.1, 0.15) is 18.9 Å². The second-order valence-electron chi connectivity index (χ2n) is 3.44. The van der Waals surface area contributed by atoms with Crippen LogP contribution in [-0.4, -0.2) is 13.1 Å². The quantitative estimate of drug-likeness (QED) is 0.647. The van der Waals surface area contributed by atoms with E-state index in [4.69, 9.17) is 0 Å². The Hall–Kier alpha value is -0.820. The lowest BCUT2D eigenvalue weighted by molar-refractivity contribution is -0.851. The van der Waals surface area contributed by atoms with Gasteiger partial charge >= 0.3 is 0 Å². The van der Waals surface area contributed by atoms with Crippen LogP contribution in [-0.2, 0) is 6.42 Å². The van der Waals surface area contributed by atoms with E-state index in [2.05, 4.69) is 44.3 Å². The van der Waals surface area contributed by atoms with Gasteiger partial charge in [-0.3, -0.25) is 0 Å². The molecule has 13 heavy (non-hydrogen) atoms. The standard InChI is InChI=1S/C12H19N/c1-3-13(2)11-7-10-12-8-5-4-6-9-12/h4-6,8-9,13H,2-3,7,10-11H2,1H3. The highest BCUT2D eigenvalue weighted by Gasteiger charge is 1.94. The Bertz CT molecular complexity index is 218. The van der Waals surface area contributed by atoms with Crippen LogP contribution in [0.4, 0.5) is 0 Å². The summed E-state index contributed by atoms with van der Waals surface area (Å²) in [5, 5.41) is 0. The van der Waals surface area contributed by atoms with Gasteiger partial charge in [-0.05, 0) is 25.3 Å². The third-order valence-corrected chi connectivity index (χ3v) is 2.34. The normalized spacial score (nSPS) is 12.8. The van der Waals surface area contributed by atoms with E-state index < -0.39 is 0 Å². The molecule has 1 atom stereocenters. The third-order valence-electron chi connectivity index (χ3n) is 2.34. The van der Waals surface area contributed by atoms with Crippen molar-refractivity contribution in [2.75, 3.05) is 13.1 Å². The number of quaternary nitrogens is 1. The maximum Gasteiger partial charge on any atom is 0.0533 e. The van der Waals surface area contributed by atoms with Crippen molar-refractivity contribution in [2.45, 2.75) is 19.8 Å². The van der Waals surface area contributed by atoms with E-state index in [0.717, 1.165) is 6.54 Å². The molecule has 0 fully saturated rings. The maximum atomic E-state index is 4.00. The number of rotatable bonds is 5. The molecule has 1 unspecified atom stereocenters. The molecule has 0 saturated heterocycles. The van der Waals surface area contributed by atoms with Crippen molar-refractivity contribution >= 4 is 0 Å². The van der Waals surface area contributed by atoms with Crippen molar-refractivity contribution in [3.63, 3.8) is 0 Å². The van der Waals surface area contributed by atoms with Crippen molar-refractivity contribution in [1.29, 1.82) is 0 Å². The first-order chi connectivity index (χ1) is 6.33. The molecular weight excluding hydrogens is 158 g/mol. The molecule has 0 aliphatic heterocycles. The summed E-state index contributed by atoms with van der Waals surface area (Å²) in [6.45, 7) is 4.46. The second kappa shape index (κ2) is 5.76. The van der Waals surface area contributed by atoms with Gasteiger partial charge in [-0.2, -0.15) is 7.05 Å². The number of hydrogen-bond donors (Lipinski definition) is 1. The predicted octanol–water partition coefficient (Wildman–Crippen LogP) is 1.32. The summed E-state index contributed by atoms with van der Waals surface area (Å²) in [5.74, 6) is 0. The molecule has 1 nitrogen and oxygen atoms in total. The van der Waals surface area contributed by atoms with Crippen LogP contribution < -0.4 is 4.90 Å². The van der Waals surface area contributed by atoms with E-state index in [0.29, 0.717) is 0 Å². The summed E-state index contributed by atoms with van der Waals surface area (Å²) in [6.07, 6.45) is 2.41. The van der Waals surface area contributed by atoms with Crippen molar-refractivity contribution in [1.82, 2.24) is 0 Å². The molecule has 0 spiro atoms. The Labute approximate surface area is 81.4 Å². The number of hydrogen-bond acceptors (Lipinski definition) is 0. The Balaban J connectivity index is 2.20. The van der Waals surface area contributed by atoms with Gasteiger partial charge in [-0.1, -0.05) is 30.3 Å². The largest absolute Gasteiger partial charge is 0.468 e. The van der Waals surface area contributed by atoms with E-state index in [9.17, 15) is 0 Å². The summed E-state index contributed by atoms with van der Waals surface area (Å²) in [5.41, 5.74) is 1.44. The molecule has 1 heteroatoms. The van der Waals surface area contributed by atoms with Crippen LogP contribution in [0.25, 0.3) is 0 Å². The van der Waals surface area contributed by atoms with E-state index in [1.165, 1.54) is 29.8 Å². The van der Waals surface area contributed by atoms with E-state index in [1.54, 1.807) is 0 Å². The highest BCUT2D eigenvalue weighted by atomic mass is 15.1. The molecule has 0 aromatic heterocycles. The van der Waals surface area contributed by atoms with E-state index in [-0.39, 0.29) is 0 Å². The highest BCUT2D eigenvalue weighted by molar-refractivity contribution is 5.14. The van der Waals surface area contributed by atoms with Gasteiger partial charge in [0.15, 0.2) is 0 Å². The van der Waals surface area contributed by atoms with Gasteiger partial charge in [0.25, 0.3) is 0 Å². The molecule has 72 valence electrons. The smallest absolute Gasteiger partial charge is 0.0533 e. The number of aryl methyl sites for hydroxylation is 1. The summed E-state index contributed by atoms with van der Waals surface area (Å²) >= 11 is 0. The van der Waals surface area contributed by atoms with Crippen LogP contribution in [0.3, 0.4) is 0 Å². The Morgan fingerprint density at radius 3 is 2.54 bits per heavy atom. The van der Waals surface area contributed by atoms with Gasteiger partial charge in [-0.15, -0.1) is 0 Å². The number of benzene rings is 1. The van der Waals surface area contributed by atoms with Crippen molar-refractivity contribution in [2.24, 2.45) is 0 Å². The van der Waals surface area contributed by atoms with Crippen molar-refractivity contribution in [3.8, 4) is 0 Å². The number of nitrogens with one attached hydrogen (secondary N) is 1. The molecule has 1 rings (SSSR count). The first-order valence-corrected chi connectivity index (χ1v) is 5.03. The van der Waals surface area contributed by atoms with Gasteiger partial charge < -0.3 is 4.90 Å². The molecule has 0 saturated carbocycles. The van der Waals surface area contributed by atoms with E-state index in [1.807, 2.05) is 0 Å². The van der Waals surface area contributed by atoms with Crippen LogP contribution in [0, 0.1) is 7.05 Å². The second-order valence-corrected chi connectivity index (χ2v) is 3.44.